The van der Waals surface area contributed by atoms with E-state index in [9.17, 15) is 4.79 Å². The molecule has 2 rings (SSSR count). The van der Waals surface area contributed by atoms with Crippen LogP contribution in [0.2, 0.25) is 0 Å². The molecule has 0 N–H and O–H groups in total. The van der Waals surface area contributed by atoms with Crippen molar-refractivity contribution in [3.8, 4) is 0 Å². The van der Waals surface area contributed by atoms with E-state index in [0.717, 1.165) is 6.54 Å². The van der Waals surface area contributed by atoms with Gasteiger partial charge in [0.1, 0.15) is 0 Å². The number of nitrogens with zero attached hydrogens (tertiary/aromatic N) is 1. The minimum absolute atomic E-state index is 0.230. The van der Waals surface area contributed by atoms with Crippen molar-refractivity contribution in [2.75, 3.05) is 12.4 Å². The molecule has 1 atom stereocenters. The Kier molecular flexibility index (Phi) is 3.55. The lowest BCUT2D eigenvalue weighted by Crippen LogP contribution is -2.47. The Morgan fingerprint density at radius 1 is 1.40 bits per heavy atom. The lowest BCUT2D eigenvalue weighted by molar-refractivity contribution is -0.139. The summed E-state index contributed by atoms with van der Waals surface area (Å²) in [5, 5.41) is 0. The van der Waals surface area contributed by atoms with Crippen LogP contribution in [0.4, 0.5) is 0 Å². The predicted molar refractivity (Wildman–Crippen MR) is 62.0 cm³/mol. The molecule has 0 spiro atoms. The molecule has 2 aliphatic carbocycles. The molecule has 0 aromatic rings. The highest BCUT2D eigenvalue weighted by Gasteiger charge is 2.37. The molecule has 2 nitrogen and oxygen atoms in total. The summed E-state index contributed by atoms with van der Waals surface area (Å²) in [4.78, 5) is 14.3. The first-order chi connectivity index (χ1) is 7.24. The molecule has 2 saturated carbocycles. The predicted octanol–water partition coefficient (Wildman–Crippen LogP) is 2.65. The molecule has 0 saturated heterocycles. The van der Waals surface area contributed by atoms with Crippen LogP contribution in [-0.2, 0) is 4.79 Å². The molecule has 1 amide bonds. The maximum Gasteiger partial charge on any atom is 0.225 e. The summed E-state index contributed by atoms with van der Waals surface area (Å²) in [5.41, 5.74) is 0. The fraction of sp³-hybridized carbons (Fsp3) is 0.917. The van der Waals surface area contributed by atoms with Gasteiger partial charge in [-0.3, -0.25) is 4.79 Å². The molecule has 0 aromatic heterocycles. The maximum absolute atomic E-state index is 12.2. The van der Waals surface area contributed by atoms with Gasteiger partial charge >= 0.3 is 0 Å². The van der Waals surface area contributed by atoms with Gasteiger partial charge in [-0.2, -0.15) is 0 Å². The average Bonchev–Trinajstić information content (AvgIpc) is 2.95. The lowest BCUT2D eigenvalue weighted by Gasteiger charge is -2.38. The van der Waals surface area contributed by atoms with E-state index in [-0.39, 0.29) is 5.92 Å². The number of carbonyl (C=O) groups excluding carboxylic acids is 1. The van der Waals surface area contributed by atoms with Crippen LogP contribution in [0.3, 0.4) is 0 Å². The van der Waals surface area contributed by atoms with Crippen LogP contribution in [0.25, 0.3) is 0 Å². The van der Waals surface area contributed by atoms with Crippen molar-refractivity contribution in [1.82, 2.24) is 4.90 Å². The lowest BCUT2D eigenvalue weighted by atomic mass is 9.90. The zero-order valence-corrected chi connectivity index (χ0v) is 10.2. The highest BCUT2D eigenvalue weighted by Crippen LogP contribution is 2.38. The normalized spacial score (nSPS) is 23.3. The van der Waals surface area contributed by atoms with Crippen molar-refractivity contribution >= 4 is 17.5 Å². The van der Waals surface area contributed by atoms with Crippen molar-refractivity contribution in [2.24, 2.45) is 11.8 Å². The molecule has 0 heterocycles. The van der Waals surface area contributed by atoms with Gasteiger partial charge in [0, 0.05) is 24.4 Å². The van der Waals surface area contributed by atoms with E-state index in [1.165, 1.54) is 32.1 Å². The minimum atomic E-state index is 0.230. The molecular formula is C12H20ClNO. The largest absolute Gasteiger partial charge is 0.338 e. The third-order valence-electron chi connectivity index (χ3n) is 3.84. The van der Waals surface area contributed by atoms with Gasteiger partial charge in [0.15, 0.2) is 0 Å². The van der Waals surface area contributed by atoms with Crippen LogP contribution >= 0.6 is 11.6 Å². The molecule has 15 heavy (non-hydrogen) atoms. The first-order valence-electron chi connectivity index (χ1n) is 6.10. The van der Waals surface area contributed by atoms with Crippen LogP contribution < -0.4 is 0 Å². The first-order valence-corrected chi connectivity index (χ1v) is 6.64. The molecular weight excluding hydrogens is 210 g/mol. The molecule has 86 valence electrons. The van der Waals surface area contributed by atoms with Gasteiger partial charge < -0.3 is 4.90 Å². The summed E-state index contributed by atoms with van der Waals surface area (Å²) in [5.74, 6) is 1.81. The van der Waals surface area contributed by atoms with E-state index < -0.39 is 0 Å². The highest BCUT2D eigenvalue weighted by atomic mass is 35.5. The number of hydrogen-bond donors (Lipinski definition) is 0. The van der Waals surface area contributed by atoms with E-state index in [0.29, 0.717) is 23.7 Å². The fourth-order valence-electron chi connectivity index (χ4n) is 2.32. The van der Waals surface area contributed by atoms with Crippen LogP contribution in [0, 0.1) is 11.8 Å². The maximum atomic E-state index is 12.2. The van der Waals surface area contributed by atoms with Crippen molar-refractivity contribution in [3.05, 3.63) is 0 Å². The third kappa shape index (κ3) is 2.47. The van der Waals surface area contributed by atoms with Gasteiger partial charge in [-0.1, -0.05) is 6.92 Å². The minimum Gasteiger partial charge on any atom is -0.338 e. The zero-order valence-electron chi connectivity index (χ0n) is 9.42. The second-order valence-corrected chi connectivity index (χ2v) is 5.31. The Morgan fingerprint density at radius 3 is 2.47 bits per heavy atom. The van der Waals surface area contributed by atoms with Crippen LogP contribution in [0.1, 0.15) is 39.0 Å². The highest BCUT2D eigenvalue weighted by molar-refractivity contribution is 6.18. The first kappa shape index (κ1) is 11.3. The molecule has 2 fully saturated rings. The van der Waals surface area contributed by atoms with Crippen LogP contribution in [-0.4, -0.2) is 29.3 Å². The summed E-state index contributed by atoms with van der Waals surface area (Å²) < 4.78 is 0. The number of halogens is 1. The smallest absolute Gasteiger partial charge is 0.225 e. The monoisotopic (exact) mass is 229 g/mol. The zero-order chi connectivity index (χ0) is 10.8. The van der Waals surface area contributed by atoms with Gasteiger partial charge in [-0.05, 0) is 38.0 Å². The van der Waals surface area contributed by atoms with Crippen molar-refractivity contribution in [3.63, 3.8) is 0 Å². The standard InChI is InChI=1S/C12H20ClNO/c1-9(10-5-6-10)12(15)14(8-7-13)11-3-2-4-11/h9-11H,2-8H2,1H3. The number of rotatable bonds is 5. The van der Waals surface area contributed by atoms with Crippen LogP contribution in [0.5, 0.6) is 0 Å². The molecule has 2 aliphatic rings. The van der Waals surface area contributed by atoms with Gasteiger partial charge in [0.25, 0.3) is 0 Å². The van der Waals surface area contributed by atoms with Gasteiger partial charge in [0.05, 0.1) is 0 Å². The molecule has 0 radical (unpaired) electrons. The topological polar surface area (TPSA) is 20.3 Å². The average molecular weight is 230 g/mol. The Bertz CT molecular complexity index is 236. The summed E-state index contributed by atoms with van der Waals surface area (Å²) >= 11 is 5.77. The molecule has 3 heteroatoms. The SMILES string of the molecule is CC(C(=O)N(CCCl)C1CCC1)C1CC1. The summed E-state index contributed by atoms with van der Waals surface area (Å²) in [6.45, 7) is 2.82. The quantitative estimate of drug-likeness (QED) is 0.664. The second kappa shape index (κ2) is 4.73. The summed E-state index contributed by atoms with van der Waals surface area (Å²) in [7, 11) is 0. The number of carbonyl (C=O) groups is 1. The molecule has 0 bridgehead atoms. The number of hydrogen-bond acceptors (Lipinski definition) is 1. The van der Waals surface area contributed by atoms with Gasteiger partial charge in [0.2, 0.25) is 5.91 Å². The molecule has 1 unspecified atom stereocenters. The van der Waals surface area contributed by atoms with E-state index in [2.05, 4.69) is 6.92 Å². The van der Waals surface area contributed by atoms with Crippen molar-refractivity contribution < 1.29 is 4.79 Å². The van der Waals surface area contributed by atoms with Crippen LogP contribution in [0.15, 0.2) is 0 Å². The Hall–Kier alpha value is -0.240. The van der Waals surface area contributed by atoms with Gasteiger partial charge in [-0.15, -0.1) is 11.6 Å². The molecule has 0 aliphatic heterocycles. The number of amides is 1. The summed E-state index contributed by atoms with van der Waals surface area (Å²) in [6.07, 6.45) is 6.12. The second-order valence-electron chi connectivity index (χ2n) is 4.93. The van der Waals surface area contributed by atoms with E-state index in [4.69, 9.17) is 11.6 Å². The molecule has 0 aromatic carbocycles. The Labute approximate surface area is 97.0 Å². The van der Waals surface area contributed by atoms with E-state index >= 15 is 0 Å². The number of alkyl halides is 1. The van der Waals surface area contributed by atoms with Crippen molar-refractivity contribution in [2.45, 2.75) is 45.1 Å². The third-order valence-corrected chi connectivity index (χ3v) is 4.01. The fourth-order valence-corrected chi connectivity index (χ4v) is 2.50. The summed E-state index contributed by atoms with van der Waals surface area (Å²) in [6, 6.07) is 0.498. The van der Waals surface area contributed by atoms with Crippen molar-refractivity contribution in [1.29, 1.82) is 0 Å². The van der Waals surface area contributed by atoms with E-state index in [1.807, 2.05) is 4.90 Å². The van der Waals surface area contributed by atoms with Gasteiger partial charge in [-0.25, -0.2) is 0 Å². The van der Waals surface area contributed by atoms with E-state index in [1.54, 1.807) is 0 Å². The Morgan fingerprint density at radius 2 is 2.07 bits per heavy atom. The Balaban J connectivity index is 1.92.